The Morgan fingerprint density at radius 2 is 2.20 bits per heavy atom. The summed E-state index contributed by atoms with van der Waals surface area (Å²) in [5.41, 5.74) is 0.709. The summed E-state index contributed by atoms with van der Waals surface area (Å²) in [4.78, 5) is 22.6. The fraction of sp³-hybridized carbons (Fsp3) is 0.154. The number of thiocarbonyl (C=S) groups is 1. The lowest BCUT2D eigenvalue weighted by Gasteiger charge is -2.08. The van der Waals surface area contributed by atoms with Crippen LogP contribution in [0.5, 0.6) is 5.75 Å². The summed E-state index contributed by atoms with van der Waals surface area (Å²) in [6.07, 6.45) is 1.60. The molecular weight excluding hydrogens is 298 g/mol. The zero-order valence-electron chi connectivity index (χ0n) is 10.3. The van der Waals surface area contributed by atoms with E-state index < -0.39 is 5.97 Å². The summed E-state index contributed by atoms with van der Waals surface area (Å²) < 4.78 is 5.84. The third-order valence-corrected chi connectivity index (χ3v) is 3.58. The molecule has 0 saturated carbocycles. The number of hydrogen-bond acceptors (Lipinski definition) is 5. The van der Waals surface area contributed by atoms with Gasteiger partial charge < -0.3 is 15.2 Å². The first-order valence-corrected chi connectivity index (χ1v) is 6.97. The molecule has 1 aliphatic rings. The summed E-state index contributed by atoms with van der Waals surface area (Å²) in [7, 11) is 0. The maximum absolute atomic E-state index is 11.6. The molecule has 1 fully saturated rings. The number of carbonyl (C=O) groups is 2. The van der Waals surface area contributed by atoms with Crippen LogP contribution >= 0.6 is 24.0 Å². The van der Waals surface area contributed by atoms with Crippen LogP contribution < -0.4 is 10.1 Å². The lowest BCUT2D eigenvalue weighted by atomic mass is 10.2. The van der Waals surface area contributed by atoms with Crippen LogP contribution in [-0.4, -0.2) is 27.9 Å². The normalized spacial score (nSPS) is 16.3. The van der Waals surface area contributed by atoms with E-state index in [2.05, 4.69) is 5.32 Å². The van der Waals surface area contributed by atoms with Gasteiger partial charge in [0.25, 0.3) is 5.91 Å². The predicted octanol–water partition coefficient (Wildman–Crippen LogP) is 2.03. The van der Waals surface area contributed by atoms with Crippen LogP contribution in [0.4, 0.5) is 0 Å². The molecule has 1 aromatic carbocycles. The minimum absolute atomic E-state index is 0.0767. The molecule has 0 aliphatic carbocycles. The maximum atomic E-state index is 11.6. The first-order valence-electron chi connectivity index (χ1n) is 5.75. The topological polar surface area (TPSA) is 75.6 Å². The molecule has 0 atom stereocenters. The number of para-hydroxylation sites is 1. The van der Waals surface area contributed by atoms with Crippen molar-refractivity contribution < 1.29 is 19.4 Å². The number of amides is 1. The minimum Gasteiger partial charge on any atom is -0.492 e. The Morgan fingerprint density at radius 1 is 1.45 bits per heavy atom. The number of rotatable bonds is 5. The molecule has 2 rings (SSSR count). The van der Waals surface area contributed by atoms with Gasteiger partial charge in [-0.2, -0.15) is 0 Å². The van der Waals surface area contributed by atoms with Crippen LogP contribution in [0.15, 0.2) is 29.2 Å². The highest BCUT2D eigenvalue weighted by Crippen LogP contribution is 2.29. The van der Waals surface area contributed by atoms with Crippen molar-refractivity contribution in [2.45, 2.75) is 6.42 Å². The second kappa shape index (κ2) is 6.53. The molecule has 0 aromatic heterocycles. The van der Waals surface area contributed by atoms with Crippen molar-refractivity contribution in [3.63, 3.8) is 0 Å². The van der Waals surface area contributed by atoms with E-state index in [4.69, 9.17) is 22.1 Å². The third kappa shape index (κ3) is 3.82. The Kier molecular flexibility index (Phi) is 4.75. The van der Waals surface area contributed by atoms with Crippen LogP contribution in [0, 0.1) is 0 Å². The van der Waals surface area contributed by atoms with Crippen molar-refractivity contribution in [3.8, 4) is 5.75 Å². The lowest BCUT2D eigenvalue weighted by molar-refractivity contribution is -0.137. The van der Waals surface area contributed by atoms with Crippen LogP contribution in [0.1, 0.15) is 12.0 Å². The Hall–Kier alpha value is -1.86. The van der Waals surface area contributed by atoms with Crippen LogP contribution in [0.3, 0.4) is 0 Å². The Morgan fingerprint density at radius 3 is 2.85 bits per heavy atom. The first-order chi connectivity index (χ1) is 9.56. The van der Waals surface area contributed by atoms with E-state index >= 15 is 0 Å². The SMILES string of the molecule is O=C(O)CCOc1ccccc1/C=C1/SC(=S)NC1=O. The second-order valence-corrected chi connectivity index (χ2v) is 5.60. The summed E-state index contributed by atoms with van der Waals surface area (Å²) in [6.45, 7) is 0.0767. The molecular formula is C13H11NO4S2. The van der Waals surface area contributed by atoms with Gasteiger partial charge in [-0.1, -0.05) is 42.2 Å². The van der Waals surface area contributed by atoms with Gasteiger partial charge in [-0.3, -0.25) is 9.59 Å². The molecule has 7 heteroatoms. The first kappa shape index (κ1) is 14.5. The molecule has 0 spiro atoms. The summed E-state index contributed by atoms with van der Waals surface area (Å²) >= 11 is 6.10. The number of nitrogens with one attached hydrogen (secondary N) is 1. The highest BCUT2D eigenvalue weighted by molar-refractivity contribution is 8.26. The van der Waals surface area contributed by atoms with Gasteiger partial charge in [0.1, 0.15) is 10.1 Å². The number of carboxylic acid groups (broad SMARTS) is 1. The fourth-order valence-electron chi connectivity index (χ4n) is 1.54. The van der Waals surface area contributed by atoms with Crippen molar-refractivity contribution in [1.29, 1.82) is 0 Å². The molecule has 0 radical (unpaired) electrons. The lowest BCUT2D eigenvalue weighted by Crippen LogP contribution is -2.17. The number of aliphatic carboxylic acids is 1. The highest BCUT2D eigenvalue weighted by atomic mass is 32.2. The Bertz CT molecular complexity index is 598. The zero-order chi connectivity index (χ0) is 14.5. The third-order valence-electron chi connectivity index (χ3n) is 2.42. The average molecular weight is 309 g/mol. The van der Waals surface area contributed by atoms with Gasteiger partial charge in [0.05, 0.1) is 17.9 Å². The van der Waals surface area contributed by atoms with Crippen LogP contribution in [0.2, 0.25) is 0 Å². The van der Waals surface area contributed by atoms with Crippen molar-refractivity contribution >= 4 is 46.3 Å². The van der Waals surface area contributed by atoms with E-state index in [9.17, 15) is 9.59 Å². The summed E-state index contributed by atoms with van der Waals surface area (Å²) in [5, 5.41) is 11.1. The predicted molar refractivity (Wildman–Crippen MR) is 80.5 cm³/mol. The average Bonchev–Trinajstić information content (AvgIpc) is 2.69. The van der Waals surface area contributed by atoms with Crippen molar-refractivity contribution in [2.75, 3.05) is 6.61 Å². The maximum Gasteiger partial charge on any atom is 0.306 e. The molecule has 1 aromatic rings. The number of thioether (sulfide) groups is 1. The molecule has 5 nitrogen and oxygen atoms in total. The number of carbonyl (C=O) groups excluding carboxylic acids is 1. The van der Waals surface area contributed by atoms with Gasteiger partial charge >= 0.3 is 5.97 Å². The highest BCUT2D eigenvalue weighted by Gasteiger charge is 2.22. The summed E-state index contributed by atoms with van der Waals surface area (Å²) in [6, 6.07) is 7.11. The van der Waals surface area contributed by atoms with Crippen LogP contribution in [0.25, 0.3) is 6.08 Å². The molecule has 0 bridgehead atoms. The van der Waals surface area contributed by atoms with E-state index in [1.165, 1.54) is 11.8 Å². The van der Waals surface area contributed by atoms with Gasteiger partial charge in [0.2, 0.25) is 0 Å². The molecule has 2 N–H and O–H groups in total. The molecule has 1 aliphatic heterocycles. The van der Waals surface area contributed by atoms with Gasteiger partial charge in [-0.05, 0) is 12.1 Å². The van der Waals surface area contributed by atoms with Crippen molar-refractivity contribution in [3.05, 3.63) is 34.7 Å². The molecule has 1 saturated heterocycles. The molecule has 20 heavy (non-hydrogen) atoms. The van der Waals surface area contributed by atoms with E-state index in [-0.39, 0.29) is 18.9 Å². The van der Waals surface area contributed by atoms with Gasteiger partial charge in [-0.15, -0.1) is 0 Å². The second-order valence-electron chi connectivity index (χ2n) is 3.88. The quantitative estimate of drug-likeness (QED) is 0.640. The largest absolute Gasteiger partial charge is 0.492 e. The zero-order valence-corrected chi connectivity index (χ0v) is 11.9. The van der Waals surface area contributed by atoms with Crippen molar-refractivity contribution in [2.24, 2.45) is 0 Å². The number of ether oxygens (including phenoxy) is 1. The van der Waals surface area contributed by atoms with E-state index in [1.54, 1.807) is 24.3 Å². The summed E-state index contributed by atoms with van der Waals surface area (Å²) in [5.74, 6) is -0.621. The van der Waals surface area contributed by atoms with Gasteiger partial charge in [0.15, 0.2) is 0 Å². The molecule has 1 amide bonds. The molecule has 104 valence electrons. The molecule has 0 unspecified atom stereocenters. The number of benzene rings is 1. The fourth-order valence-corrected chi connectivity index (χ4v) is 2.58. The smallest absolute Gasteiger partial charge is 0.306 e. The number of hydrogen-bond donors (Lipinski definition) is 2. The van der Waals surface area contributed by atoms with E-state index in [1.807, 2.05) is 6.07 Å². The monoisotopic (exact) mass is 309 g/mol. The van der Waals surface area contributed by atoms with E-state index in [0.29, 0.717) is 20.5 Å². The number of carboxylic acids is 1. The van der Waals surface area contributed by atoms with Crippen LogP contribution in [-0.2, 0) is 9.59 Å². The van der Waals surface area contributed by atoms with E-state index in [0.717, 1.165) is 0 Å². The standard InChI is InChI=1S/C13H11NO4S2/c15-11(16)5-6-18-9-4-2-1-3-8(9)7-10-12(17)14-13(19)20-10/h1-4,7H,5-6H2,(H,15,16)(H,14,17,19)/b10-7+. The van der Waals surface area contributed by atoms with Gasteiger partial charge in [0, 0.05) is 5.56 Å². The van der Waals surface area contributed by atoms with Crippen molar-refractivity contribution in [1.82, 2.24) is 5.32 Å². The Balaban J connectivity index is 2.15. The molecule has 1 heterocycles. The minimum atomic E-state index is -0.920. The Labute approximate surface area is 125 Å². The van der Waals surface area contributed by atoms with Gasteiger partial charge in [-0.25, -0.2) is 0 Å².